The molecule has 1 aromatic carbocycles. The van der Waals surface area contributed by atoms with Crippen molar-refractivity contribution in [2.75, 3.05) is 43.3 Å². The minimum Gasteiger partial charge on any atom is -0.336 e. The number of likely N-dealkylation sites (N-methyl/N-ethyl adjacent to an activating group) is 1. The molecule has 0 N–H and O–H groups in total. The predicted octanol–water partition coefficient (Wildman–Crippen LogP) is 1.17. The molecule has 132 valence electrons. The first-order valence-corrected chi connectivity index (χ1v) is 10.1. The van der Waals surface area contributed by atoms with Gasteiger partial charge >= 0.3 is 0 Å². The van der Waals surface area contributed by atoms with Gasteiger partial charge in [-0.3, -0.25) is 9.10 Å². The Morgan fingerprint density at radius 1 is 1.21 bits per heavy atom. The summed E-state index contributed by atoms with van der Waals surface area (Å²) in [6, 6.07) is 5.32. The normalized spacial score (nSPS) is 21.9. The maximum absolute atomic E-state index is 12.7. The molecule has 0 bridgehead atoms. The van der Waals surface area contributed by atoms with Crippen LogP contribution in [0.3, 0.4) is 0 Å². The number of carbonyl (C=O) groups excluding carboxylic acids is 1. The number of piperazine rings is 1. The highest BCUT2D eigenvalue weighted by Crippen LogP contribution is 2.35. The van der Waals surface area contributed by atoms with E-state index in [0.29, 0.717) is 12.0 Å². The number of hydrogen-bond donors (Lipinski definition) is 0. The van der Waals surface area contributed by atoms with Crippen molar-refractivity contribution in [2.24, 2.45) is 0 Å². The van der Waals surface area contributed by atoms with E-state index in [1.165, 1.54) is 4.31 Å². The summed E-state index contributed by atoms with van der Waals surface area (Å²) in [6.45, 7) is 6.81. The summed E-state index contributed by atoms with van der Waals surface area (Å²) in [5.41, 5.74) is 2.32. The maximum atomic E-state index is 12.7. The predicted molar refractivity (Wildman–Crippen MR) is 94.9 cm³/mol. The van der Waals surface area contributed by atoms with Gasteiger partial charge in [-0.2, -0.15) is 0 Å². The molecule has 0 radical (unpaired) electrons. The molecule has 0 saturated carbocycles. The molecule has 7 heteroatoms. The molecular formula is C17H25N3O3S. The molecule has 1 atom stereocenters. The Kier molecular flexibility index (Phi) is 4.57. The third-order valence-corrected chi connectivity index (χ3v) is 6.82. The average molecular weight is 351 g/mol. The van der Waals surface area contributed by atoms with E-state index in [1.807, 2.05) is 17.9 Å². The molecule has 2 heterocycles. The Balaban J connectivity index is 1.85. The van der Waals surface area contributed by atoms with E-state index >= 15 is 0 Å². The van der Waals surface area contributed by atoms with Crippen molar-refractivity contribution in [1.82, 2.24) is 9.80 Å². The van der Waals surface area contributed by atoms with Crippen LogP contribution in [0.15, 0.2) is 18.2 Å². The van der Waals surface area contributed by atoms with Crippen molar-refractivity contribution < 1.29 is 13.2 Å². The number of benzene rings is 1. The van der Waals surface area contributed by atoms with Crippen LogP contribution >= 0.6 is 0 Å². The van der Waals surface area contributed by atoms with Crippen LogP contribution in [0.4, 0.5) is 5.69 Å². The second kappa shape index (κ2) is 6.37. The molecule has 6 nitrogen and oxygen atoms in total. The Labute approximate surface area is 144 Å². The summed E-state index contributed by atoms with van der Waals surface area (Å²) >= 11 is 0. The zero-order valence-electron chi connectivity index (χ0n) is 14.5. The molecule has 3 rings (SSSR count). The average Bonchev–Trinajstić information content (AvgIpc) is 2.90. The van der Waals surface area contributed by atoms with Gasteiger partial charge < -0.3 is 9.80 Å². The highest BCUT2D eigenvalue weighted by molar-refractivity contribution is 7.92. The first-order chi connectivity index (χ1) is 11.3. The summed E-state index contributed by atoms with van der Waals surface area (Å²) in [6.07, 6.45) is 0.651. The molecule has 24 heavy (non-hydrogen) atoms. The van der Waals surface area contributed by atoms with Crippen LogP contribution in [0.2, 0.25) is 0 Å². The van der Waals surface area contributed by atoms with Gasteiger partial charge in [-0.1, -0.05) is 0 Å². The third kappa shape index (κ3) is 3.02. The molecule has 1 fully saturated rings. The molecule has 0 aliphatic carbocycles. The number of hydrogen-bond acceptors (Lipinski definition) is 4. The van der Waals surface area contributed by atoms with Gasteiger partial charge in [-0.05, 0) is 51.1 Å². The van der Waals surface area contributed by atoms with E-state index in [9.17, 15) is 13.2 Å². The van der Waals surface area contributed by atoms with E-state index in [1.54, 1.807) is 19.1 Å². The van der Waals surface area contributed by atoms with Crippen molar-refractivity contribution in [3.63, 3.8) is 0 Å². The molecule has 0 spiro atoms. The number of amides is 1. The lowest BCUT2D eigenvalue weighted by Gasteiger charge is -2.32. The molecule has 1 amide bonds. The molecule has 0 aromatic heterocycles. The van der Waals surface area contributed by atoms with Gasteiger partial charge in [0.15, 0.2) is 0 Å². The maximum Gasteiger partial charge on any atom is 0.253 e. The van der Waals surface area contributed by atoms with Crippen molar-refractivity contribution in [1.29, 1.82) is 0 Å². The van der Waals surface area contributed by atoms with Crippen molar-refractivity contribution in [2.45, 2.75) is 26.3 Å². The number of sulfonamides is 1. The van der Waals surface area contributed by atoms with Crippen LogP contribution in [0.5, 0.6) is 0 Å². The lowest BCUT2D eigenvalue weighted by atomic mass is 10.1. The minimum absolute atomic E-state index is 0.0374. The summed E-state index contributed by atoms with van der Waals surface area (Å²) in [5, 5.41) is 0. The molecule has 1 aromatic rings. The highest BCUT2D eigenvalue weighted by atomic mass is 32.2. The van der Waals surface area contributed by atoms with Gasteiger partial charge in [0.1, 0.15) is 0 Å². The number of anilines is 1. The van der Waals surface area contributed by atoms with Gasteiger partial charge in [-0.25, -0.2) is 8.42 Å². The monoisotopic (exact) mass is 351 g/mol. The summed E-state index contributed by atoms with van der Waals surface area (Å²) in [7, 11) is -1.23. The van der Waals surface area contributed by atoms with E-state index in [-0.39, 0.29) is 17.7 Å². The van der Waals surface area contributed by atoms with Gasteiger partial charge in [0.2, 0.25) is 10.0 Å². The Hall–Kier alpha value is -1.60. The second-order valence-electron chi connectivity index (χ2n) is 6.69. The van der Waals surface area contributed by atoms with E-state index < -0.39 is 10.0 Å². The quantitative estimate of drug-likeness (QED) is 0.820. The van der Waals surface area contributed by atoms with Gasteiger partial charge in [0.05, 0.1) is 11.4 Å². The summed E-state index contributed by atoms with van der Waals surface area (Å²) in [4.78, 5) is 16.8. The Morgan fingerprint density at radius 2 is 1.88 bits per heavy atom. The van der Waals surface area contributed by atoms with Crippen LogP contribution in [-0.4, -0.2) is 69.1 Å². The van der Waals surface area contributed by atoms with Crippen LogP contribution in [0.25, 0.3) is 0 Å². The third-order valence-electron chi connectivity index (χ3n) is 4.93. The molecular weight excluding hydrogens is 326 g/mol. The molecule has 2 aliphatic rings. The molecule has 2 aliphatic heterocycles. The zero-order chi connectivity index (χ0) is 17.5. The van der Waals surface area contributed by atoms with E-state index in [0.717, 1.165) is 37.4 Å². The Bertz CT molecular complexity index is 739. The lowest BCUT2D eigenvalue weighted by molar-refractivity contribution is 0.0664. The van der Waals surface area contributed by atoms with Crippen LogP contribution < -0.4 is 4.31 Å². The van der Waals surface area contributed by atoms with Gasteiger partial charge in [0.25, 0.3) is 5.91 Å². The second-order valence-corrected chi connectivity index (χ2v) is 8.82. The first-order valence-electron chi connectivity index (χ1n) is 8.46. The summed E-state index contributed by atoms with van der Waals surface area (Å²) in [5.74, 6) is 0.119. The lowest BCUT2D eigenvalue weighted by Crippen LogP contribution is -2.47. The van der Waals surface area contributed by atoms with Crippen molar-refractivity contribution in [3.05, 3.63) is 29.3 Å². The Morgan fingerprint density at radius 3 is 2.50 bits per heavy atom. The van der Waals surface area contributed by atoms with E-state index in [2.05, 4.69) is 11.9 Å². The van der Waals surface area contributed by atoms with Gasteiger partial charge in [-0.15, -0.1) is 0 Å². The topological polar surface area (TPSA) is 60.9 Å². The number of rotatable bonds is 3. The first kappa shape index (κ1) is 17.2. The van der Waals surface area contributed by atoms with Crippen LogP contribution in [0.1, 0.15) is 29.8 Å². The molecule has 0 unspecified atom stereocenters. The SMILES string of the molecule is CCS(=O)(=O)N1c2ccc(C(=O)N3CCN(C)CC3)cc2C[C@H]1C. The fourth-order valence-corrected chi connectivity index (χ4v) is 4.87. The number of carbonyl (C=O) groups is 1. The fourth-order valence-electron chi connectivity index (χ4n) is 3.49. The van der Waals surface area contributed by atoms with Crippen molar-refractivity contribution in [3.8, 4) is 0 Å². The number of fused-ring (bicyclic) bond motifs is 1. The van der Waals surface area contributed by atoms with Crippen molar-refractivity contribution >= 4 is 21.6 Å². The minimum atomic E-state index is -3.29. The van der Waals surface area contributed by atoms with E-state index in [4.69, 9.17) is 0 Å². The largest absolute Gasteiger partial charge is 0.336 e. The summed E-state index contributed by atoms with van der Waals surface area (Å²) < 4.78 is 26.1. The highest BCUT2D eigenvalue weighted by Gasteiger charge is 2.34. The standard InChI is InChI=1S/C17H25N3O3S/c1-4-24(22,23)20-13(2)11-15-12-14(5-6-16(15)20)17(21)19-9-7-18(3)8-10-19/h5-6,12-13H,4,7-11H2,1-3H3/t13-/m1/s1. The zero-order valence-corrected chi connectivity index (χ0v) is 15.3. The smallest absolute Gasteiger partial charge is 0.253 e. The van der Waals surface area contributed by atoms with Crippen LogP contribution in [0, 0.1) is 0 Å². The number of nitrogens with zero attached hydrogens (tertiary/aromatic N) is 3. The van der Waals surface area contributed by atoms with Crippen LogP contribution in [-0.2, 0) is 16.4 Å². The fraction of sp³-hybridized carbons (Fsp3) is 0.588. The van der Waals surface area contributed by atoms with Gasteiger partial charge in [0, 0.05) is 37.8 Å². The molecule has 1 saturated heterocycles.